The highest BCUT2D eigenvalue weighted by molar-refractivity contribution is 8.14. The number of urea groups is 1. The fourth-order valence-electron chi connectivity index (χ4n) is 4.77. The maximum atomic E-state index is 12.9. The van der Waals surface area contributed by atoms with Gasteiger partial charge in [-0.15, -0.1) is 5.10 Å². The molecule has 1 saturated heterocycles. The first-order valence-electron chi connectivity index (χ1n) is 12.7. The van der Waals surface area contributed by atoms with E-state index in [1.165, 1.54) is 22.3 Å². The number of rotatable bonds is 4. The van der Waals surface area contributed by atoms with Crippen LogP contribution < -0.4 is 10.2 Å². The highest BCUT2D eigenvalue weighted by Gasteiger charge is 2.27. The molecule has 5 rings (SSSR count). The molecule has 1 unspecified atom stereocenters. The maximum Gasteiger partial charge on any atom is 0.347 e. The Kier molecular flexibility index (Phi) is 7.33. The van der Waals surface area contributed by atoms with Crippen LogP contribution in [-0.2, 0) is 0 Å². The van der Waals surface area contributed by atoms with Crippen LogP contribution in [0, 0.1) is 33.6 Å². The van der Waals surface area contributed by atoms with Crippen molar-refractivity contribution in [2.45, 2.75) is 34.6 Å². The molecule has 2 amide bonds. The Hall–Kier alpha value is -3.91. The molecule has 1 atom stereocenters. The molecule has 0 bridgehead atoms. The molecule has 194 valence electrons. The van der Waals surface area contributed by atoms with Gasteiger partial charge in [0.25, 0.3) is 0 Å². The smallest absolute Gasteiger partial charge is 0.320 e. The Balaban J connectivity index is 1.31. The number of carbonyl (C=O) groups excluding carboxylic acids is 1. The minimum Gasteiger partial charge on any atom is -0.320 e. The van der Waals surface area contributed by atoms with Gasteiger partial charge in [-0.25, -0.2) is 14.5 Å². The zero-order chi connectivity index (χ0) is 26.8. The zero-order valence-corrected chi connectivity index (χ0v) is 23.2. The quantitative estimate of drug-likeness (QED) is 0.313. The number of thioether (sulfide) groups is 1. The van der Waals surface area contributed by atoms with Gasteiger partial charge in [-0.1, -0.05) is 54.1 Å². The summed E-state index contributed by atoms with van der Waals surface area (Å²) in [5.74, 6) is 2.05. The van der Waals surface area contributed by atoms with E-state index in [9.17, 15) is 4.79 Å². The van der Waals surface area contributed by atoms with Crippen molar-refractivity contribution in [2.75, 3.05) is 22.5 Å². The summed E-state index contributed by atoms with van der Waals surface area (Å²) in [6.45, 7) is 11.5. The molecule has 0 radical (unpaired) electrons. The summed E-state index contributed by atoms with van der Waals surface area (Å²) in [6, 6.07) is 19.6. The monoisotopic (exact) mass is 524 g/mol. The summed E-state index contributed by atoms with van der Waals surface area (Å²) in [6.07, 6.45) is 1.71. The zero-order valence-electron chi connectivity index (χ0n) is 22.4. The number of amidine groups is 1. The lowest BCUT2D eigenvalue weighted by Gasteiger charge is -2.35. The van der Waals surface area contributed by atoms with Crippen molar-refractivity contribution in [1.29, 1.82) is 0 Å². The van der Waals surface area contributed by atoms with Crippen LogP contribution in [0.5, 0.6) is 0 Å². The number of nitrogens with one attached hydrogen (secondary N) is 1. The number of carbonyl (C=O) groups is 1. The standard InChI is InChI=1S/C30H32N6OS/c1-19-6-12-26(13-7-19)36-18-31-28(34-36)24-8-10-25(11-9-24)32-29(37)33-30-35(16-21(3)17-38-30)27-22(4)14-20(2)15-23(27)5/h6-15,18,21H,16-17H2,1-5H3,(H,32,37). The van der Waals surface area contributed by atoms with Gasteiger partial charge in [-0.3, -0.25) is 0 Å². The Morgan fingerprint density at radius 2 is 1.66 bits per heavy atom. The Bertz CT molecular complexity index is 1470. The molecular formula is C30H32N6OS. The number of aliphatic imine (C=N–C) groups is 1. The first kappa shape index (κ1) is 25.7. The molecule has 4 aromatic rings. The van der Waals surface area contributed by atoms with Crippen molar-refractivity contribution in [3.8, 4) is 17.1 Å². The molecule has 1 aliphatic heterocycles. The number of amides is 2. The third-order valence-corrected chi connectivity index (χ3v) is 7.81. The lowest BCUT2D eigenvalue weighted by atomic mass is 10.0. The second-order valence-corrected chi connectivity index (χ2v) is 11.0. The number of benzene rings is 3. The van der Waals surface area contributed by atoms with Crippen LogP contribution in [-0.4, -0.2) is 38.3 Å². The van der Waals surface area contributed by atoms with Gasteiger partial charge < -0.3 is 10.2 Å². The highest BCUT2D eigenvalue weighted by atomic mass is 32.2. The fraction of sp³-hybridized carbons (Fsp3) is 0.267. The normalized spacial score (nSPS) is 16.6. The average molecular weight is 525 g/mol. The van der Waals surface area contributed by atoms with Crippen molar-refractivity contribution in [3.05, 3.63) is 89.2 Å². The Labute approximate surface area is 228 Å². The number of aryl methyl sites for hydroxylation is 4. The third-order valence-electron chi connectivity index (χ3n) is 6.51. The Morgan fingerprint density at radius 3 is 2.34 bits per heavy atom. The van der Waals surface area contributed by atoms with Gasteiger partial charge in [-0.05, 0) is 81.1 Å². The van der Waals surface area contributed by atoms with Gasteiger partial charge in [-0.2, -0.15) is 4.99 Å². The second-order valence-electron chi connectivity index (χ2n) is 10.0. The number of hydrogen-bond acceptors (Lipinski definition) is 4. The lowest BCUT2D eigenvalue weighted by molar-refractivity contribution is 0.259. The molecule has 8 heteroatoms. The number of nitrogens with zero attached hydrogens (tertiary/aromatic N) is 5. The van der Waals surface area contributed by atoms with Crippen LogP contribution in [0.2, 0.25) is 0 Å². The van der Waals surface area contributed by atoms with E-state index in [1.54, 1.807) is 22.8 Å². The van der Waals surface area contributed by atoms with Crippen molar-refractivity contribution in [3.63, 3.8) is 0 Å². The fourth-order valence-corrected chi connectivity index (χ4v) is 5.78. The van der Waals surface area contributed by atoms with Gasteiger partial charge in [0.2, 0.25) is 0 Å². The van der Waals surface area contributed by atoms with Crippen molar-refractivity contribution < 1.29 is 4.79 Å². The summed E-state index contributed by atoms with van der Waals surface area (Å²) < 4.78 is 1.76. The summed E-state index contributed by atoms with van der Waals surface area (Å²) in [5, 5.41) is 8.25. The van der Waals surface area contributed by atoms with E-state index in [1.807, 2.05) is 48.5 Å². The lowest BCUT2D eigenvalue weighted by Crippen LogP contribution is -2.40. The van der Waals surface area contributed by atoms with E-state index in [2.05, 4.69) is 72.0 Å². The van der Waals surface area contributed by atoms with E-state index >= 15 is 0 Å². The molecule has 38 heavy (non-hydrogen) atoms. The minimum absolute atomic E-state index is 0.385. The summed E-state index contributed by atoms with van der Waals surface area (Å²) in [4.78, 5) is 24.1. The highest BCUT2D eigenvalue weighted by Crippen LogP contribution is 2.33. The van der Waals surface area contributed by atoms with Crippen LogP contribution >= 0.6 is 11.8 Å². The molecule has 7 nitrogen and oxygen atoms in total. The third kappa shape index (κ3) is 5.65. The maximum absolute atomic E-state index is 12.9. The SMILES string of the molecule is Cc1ccc(-n2cnc(-c3ccc(NC(=O)N=C4SCC(C)CN4c4c(C)cc(C)cc4C)cc3)n2)cc1. The molecule has 0 aliphatic carbocycles. The molecule has 1 N–H and O–H groups in total. The number of anilines is 2. The van der Waals surface area contributed by atoms with E-state index in [0.717, 1.165) is 34.4 Å². The Morgan fingerprint density at radius 1 is 0.974 bits per heavy atom. The minimum atomic E-state index is -0.385. The molecule has 1 aliphatic rings. The number of hydrogen-bond donors (Lipinski definition) is 1. The van der Waals surface area contributed by atoms with Crippen LogP contribution in [0.1, 0.15) is 29.2 Å². The summed E-state index contributed by atoms with van der Waals surface area (Å²) in [5.41, 5.74) is 8.46. The van der Waals surface area contributed by atoms with Gasteiger partial charge in [0.05, 0.1) is 5.69 Å². The van der Waals surface area contributed by atoms with Crippen molar-refractivity contribution in [1.82, 2.24) is 14.8 Å². The molecule has 2 heterocycles. The summed E-state index contributed by atoms with van der Waals surface area (Å²) >= 11 is 1.63. The molecule has 1 fully saturated rings. The average Bonchev–Trinajstić information content (AvgIpc) is 3.36. The second kappa shape index (κ2) is 10.8. The van der Waals surface area contributed by atoms with Gasteiger partial charge in [0, 0.05) is 29.2 Å². The van der Waals surface area contributed by atoms with Crippen molar-refractivity contribution >= 4 is 34.3 Å². The van der Waals surface area contributed by atoms with Crippen LogP contribution in [0.25, 0.3) is 17.1 Å². The van der Waals surface area contributed by atoms with E-state index in [0.29, 0.717) is 17.4 Å². The van der Waals surface area contributed by atoms with E-state index in [-0.39, 0.29) is 6.03 Å². The first-order chi connectivity index (χ1) is 18.3. The molecule has 0 spiro atoms. The topological polar surface area (TPSA) is 75.4 Å². The predicted molar refractivity (Wildman–Crippen MR) is 158 cm³/mol. The van der Waals surface area contributed by atoms with Crippen LogP contribution in [0.15, 0.2) is 72.0 Å². The first-order valence-corrected chi connectivity index (χ1v) is 13.7. The van der Waals surface area contributed by atoms with Gasteiger partial charge in [0.15, 0.2) is 11.0 Å². The number of aromatic nitrogens is 3. The van der Waals surface area contributed by atoms with Crippen LogP contribution in [0.3, 0.4) is 0 Å². The van der Waals surface area contributed by atoms with Gasteiger partial charge in [0.1, 0.15) is 6.33 Å². The summed E-state index contributed by atoms with van der Waals surface area (Å²) in [7, 11) is 0. The van der Waals surface area contributed by atoms with E-state index in [4.69, 9.17) is 0 Å². The molecule has 0 saturated carbocycles. The van der Waals surface area contributed by atoms with Crippen molar-refractivity contribution in [2.24, 2.45) is 10.9 Å². The van der Waals surface area contributed by atoms with Crippen LogP contribution in [0.4, 0.5) is 16.2 Å². The molecule has 3 aromatic carbocycles. The predicted octanol–water partition coefficient (Wildman–Crippen LogP) is 6.95. The molecule has 1 aromatic heterocycles. The van der Waals surface area contributed by atoms with Gasteiger partial charge >= 0.3 is 6.03 Å². The van der Waals surface area contributed by atoms with E-state index < -0.39 is 0 Å². The largest absolute Gasteiger partial charge is 0.347 e. The molecular weight excluding hydrogens is 492 g/mol.